The summed E-state index contributed by atoms with van der Waals surface area (Å²) in [6.45, 7) is 13.3. The molecule has 3 nitrogen and oxygen atoms in total. The zero-order valence-electron chi connectivity index (χ0n) is 17.6. The number of ether oxygens (including phenoxy) is 2. The molecule has 1 aromatic carbocycles. The molecule has 1 saturated heterocycles. The quantitative estimate of drug-likeness (QED) is 0.536. The van der Waals surface area contributed by atoms with Crippen LogP contribution in [0.1, 0.15) is 58.9 Å². The van der Waals surface area contributed by atoms with Gasteiger partial charge in [-0.25, -0.2) is 0 Å². The first-order chi connectivity index (χ1) is 12.5. The Morgan fingerprint density at radius 3 is 2.58 bits per heavy atom. The van der Waals surface area contributed by atoms with Gasteiger partial charge in [0.2, 0.25) is 0 Å². The van der Waals surface area contributed by atoms with Gasteiger partial charge in [0.25, 0.3) is 0 Å². The Labute approximate surface area is 161 Å². The highest BCUT2D eigenvalue weighted by molar-refractivity contribution is 5.29. The highest BCUT2D eigenvalue weighted by Gasteiger charge is 2.32. The monoisotopic (exact) mass is 361 g/mol. The number of benzene rings is 1. The molecule has 26 heavy (non-hydrogen) atoms. The molecule has 0 aliphatic carbocycles. The van der Waals surface area contributed by atoms with E-state index in [4.69, 9.17) is 9.47 Å². The first-order valence-electron chi connectivity index (χ1n) is 10.4. The summed E-state index contributed by atoms with van der Waals surface area (Å²) in [5, 5.41) is 0. The van der Waals surface area contributed by atoms with Crippen LogP contribution in [-0.4, -0.2) is 44.4 Å². The number of piperidine rings is 1. The van der Waals surface area contributed by atoms with E-state index in [9.17, 15) is 0 Å². The number of hydrogen-bond donors (Lipinski definition) is 0. The number of hydrogen-bond acceptors (Lipinski definition) is 3. The standard InChI is InChI=1S/C23H39NO2/c1-6-12-23(3,4)21-10-13-24(14-11-21)19(2)17-20-8-7-9-22(18-20)26-16-15-25-5/h7-9,18-19,21H,6,10-17H2,1-5H3. The number of methoxy groups -OCH3 is 1. The third kappa shape index (κ3) is 6.28. The molecule has 1 aliphatic heterocycles. The van der Waals surface area contributed by atoms with Crippen LogP contribution in [-0.2, 0) is 11.2 Å². The maximum absolute atomic E-state index is 5.75. The van der Waals surface area contributed by atoms with Gasteiger partial charge < -0.3 is 14.4 Å². The fourth-order valence-electron chi connectivity index (χ4n) is 4.45. The van der Waals surface area contributed by atoms with Crippen molar-refractivity contribution in [1.82, 2.24) is 4.90 Å². The van der Waals surface area contributed by atoms with Crippen LogP contribution in [0.3, 0.4) is 0 Å². The molecule has 0 spiro atoms. The van der Waals surface area contributed by atoms with Crippen LogP contribution in [0, 0.1) is 11.3 Å². The lowest BCUT2D eigenvalue weighted by molar-refractivity contribution is 0.0733. The molecule has 1 aliphatic rings. The van der Waals surface area contributed by atoms with Gasteiger partial charge in [-0.3, -0.25) is 0 Å². The molecule has 0 amide bonds. The second-order valence-corrected chi connectivity index (χ2v) is 8.59. The van der Waals surface area contributed by atoms with Gasteiger partial charge in [-0.15, -0.1) is 0 Å². The molecule has 0 aromatic heterocycles. The smallest absolute Gasteiger partial charge is 0.119 e. The zero-order chi connectivity index (χ0) is 19.0. The van der Waals surface area contributed by atoms with Gasteiger partial charge >= 0.3 is 0 Å². The van der Waals surface area contributed by atoms with Crippen molar-refractivity contribution >= 4 is 0 Å². The van der Waals surface area contributed by atoms with Gasteiger partial charge in [0, 0.05) is 13.2 Å². The first kappa shape index (κ1) is 21.2. The highest BCUT2D eigenvalue weighted by atomic mass is 16.5. The average molecular weight is 362 g/mol. The third-order valence-corrected chi connectivity index (χ3v) is 6.14. The van der Waals surface area contributed by atoms with Crippen LogP contribution >= 0.6 is 0 Å². The van der Waals surface area contributed by atoms with Gasteiger partial charge in [0.1, 0.15) is 12.4 Å². The molecular weight excluding hydrogens is 322 g/mol. The molecule has 148 valence electrons. The minimum atomic E-state index is 0.498. The molecule has 1 unspecified atom stereocenters. The molecule has 1 fully saturated rings. The predicted octanol–water partition coefficient (Wildman–Crippen LogP) is 5.18. The van der Waals surface area contributed by atoms with E-state index in [1.165, 1.54) is 44.3 Å². The summed E-state index contributed by atoms with van der Waals surface area (Å²) >= 11 is 0. The molecule has 0 bridgehead atoms. The summed E-state index contributed by atoms with van der Waals surface area (Å²) in [7, 11) is 1.70. The molecule has 1 heterocycles. The van der Waals surface area contributed by atoms with E-state index >= 15 is 0 Å². The predicted molar refractivity (Wildman–Crippen MR) is 110 cm³/mol. The second kappa shape index (κ2) is 10.3. The van der Waals surface area contributed by atoms with Crippen molar-refractivity contribution in [3.63, 3.8) is 0 Å². The van der Waals surface area contributed by atoms with Gasteiger partial charge in [0.05, 0.1) is 6.61 Å². The Balaban J connectivity index is 1.83. The highest BCUT2D eigenvalue weighted by Crippen LogP contribution is 2.39. The Hall–Kier alpha value is -1.06. The summed E-state index contributed by atoms with van der Waals surface area (Å²) in [6.07, 6.45) is 6.43. The van der Waals surface area contributed by atoms with Crippen molar-refractivity contribution in [1.29, 1.82) is 0 Å². The lowest BCUT2D eigenvalue weighted by Crippen LogP contribution is -2.43. The van der Waals surface area contributed by atoms with Gasteiger partial charge in [-0.1, -0.05) is 39.3 Å². The summed E-state index contributed by atoms with van der Waals surface area (Å²) in [5.41, 5.74) is 1.86. The van der Waals surface area contributed by atoms with E-state index in [0.29, 0.717) is 24.7 Å². The van der Waals surface area contributed by atoms with E-state index < -0.39 is 0 Å². The Morgan fingerprint density at radius 1 is 1.19 bits per heavy atom. The molecule has 1 aromatic rings. The Kier molecular flexibility index (Phi) is 8.43. The van der Waals surface area contributed by atoms with E-state index in [1.54, 1.807) is 7.11 Å². The van der Waals surface area contributed by atoms with Crippen molar-refractivity contribution in [3.8, 4) is 5.75 Å². The molecule has 0 N–H and O–H groups in total. The lowest BCUT2D eigenvalue weighted by atomic mass is 9.71. The Bertz CT molecular complexity index is 521. The fourth-order valence-corrected chi connectivity index (χ4v) is 4.45. The van der Waals surface area contributed by atoms with Crippen LogP contribution in [0.2, 0.25) is 0 Å². The minimum Gasteiger partial charge on any atom is -0.491 e. The maximum atomic E-state index is 5.75. The zero-order valence-corrected chi connectivity index (χ0v) is 17.6. The van der Waals surface area contributed by atoms with E-state index in [0.717, 1.165) is 18.1 Å². The van der Waals surface area contributed by atoms with Crippen LogP contribution in [0.25, 0.3) is 0 Å². The lowest BCUT2D eigenvalue weighted by Gasteiger charge is -2.42. The second-order valence-electron chi connectivity index (χ2n) is 8.59. The van der Waals surface area contributed by atoms with Crippen molar-refractivity contribution in [2.45, 2.75) is 65.8 Å². The normalized spacial score (nSPS) is 18.0. The molecule has 2 rings (SSSR count). The summed E-state index contributed by atoms with van der Waals surface area (Å²) in [4.78, 5) is 2.68. The molecule has 3 heteroatoms. The van der Waals surface area contributed by atoms with Crippen LogP contribution in [0.15, 0.2) is 24.3 Å². The van der Waals surface area contributed by atoms with Crippen molar-refractivity contribution < 1.29 is 9.47 Å². The fraction of sp³-hybridized carbons (Fsp3) is 0.739. The van der Waals surface area contributed by atoms with Crippen LogP contribution in [0.5, 0.6) is 5.75 Å². The molecule has 1 atom stereocenters. The third-order valence-electron chi connectivity index (χ3n) is 6.14. The topological polar surface area (TPSA) is 21.7 Å². The number of nitrogens with zero attached hydrogens (tertiary/aromatic N) is 1. The summed E-state index contributed by atoms with van der Waals surface area (Å²) in [5.74, 6) is 1.83. The first-order valence-corrected chi connectivity index (χ1v) is 10.4. The van der Waals surface area contributed by atoms with Gasteiger partial charge in [-0.2, -0.15) is 0 Å². The van der Waals surface area contributed by atoms with Crippen molar-refractivity contribution in [2.75, 3.05) is 33.4 Å². The number of likely N-dealkylation sites (tertiary alicyclic amines) is 1. The van der Waals surface area contributed by atoms with Crippen molar-refractivity contribution in [3.05, 3.63) is 29.8 Å². The summed E-state index contributed by atoms with van der Waals surface area (Å²) in [6, 6.07) is 9.12. The van der Waals surface area contributed by atoms with Crippen LogP contribution < -0.4 is 4.74 Å². The van der Waals surface area contributed by atoms with Gasteiger partial charge in [-0.05, 0) is 74.7 Å². The average Bonchev–Trinajstić information content (AvgIpc) is 2.62. The van der Waals surface area contributed by atoms with Crippen LogP contribution in [0.4, 0.5) is 0 Å². The number of rotatable bonds is 10. The minimum absolute atomic E-state index is 0.498. The molecule has 0 radical (unpaired) electrons. The largest absolute Gasteiger partial charge is 0.491 e. The molecule has 0 saturated carbocycles. The molecular formula is C23H39NO2. The van der Waals surface area contributed by atoms with E-state index in [1.807, 2.05) is 6.07 Å². The Morgan fingerprint density at radius 2 is 1.92 bits per heavy atom. The SMILES string of the molecule is CCCC(C)(C)C1CCN(C(C)Cc2cccc(OCCOC)c2)CC1. The van der Waals surface area contributed by atoms with E-state index in [-0.39, 0.29) is 0 Å². The maximum Gasteiger partial charge on any atom is 0.119 e. The van der Waals surface area contributed by atoms with Crippen molar-refractivity contribution in [2.24, 2.45) is 11.3 Å². The van der Waals surface area contributed by atoms with Gasteiger partial charge in [0.15, 0.2) is 0 Å². The summed E-state index contributed by atoms with van der Waals surface area (Å²) < 4.78 is 10.8. The van der Waals surface area contributed by atoms with E-state index in [2.05, 4.69) is 50.8 Å².